The van der Waals surface area contributed by atoms with E-state index in [4.69, 9.17) is 12.7 Å². The van der Waals surface area contributed by atoms with Crippen molar-refractivity contribution in [1.29, 1.82) is 0 Å². The first-order valence-corrected chi connectivity index (χ1v) is 12.1. The highest BCUT2D eigenvalue weighted by Crippen LogP contribution is 2.36. The molecule has 1 saturated carbocycles. The molecule has 2 heterocycles. The van der Waals surface area contributed by atoms with E-state index in [2.05, 4.69) is 11.7 Å². The van der Waals surface area contributed by atoms with E-state index in [0.29, 0.717) is 5.92 Å². The Morgan fingerprint density at radius 1 is 1.10 bits per heavy atom. The molecule has 0 N–H and O–H groups in total. The van der Waals surface area contributed by atoms with Gasteiger partial charge in [0.1, 0.15) is 0 Å². The first-order chi connectivity index (χ1) is 14.6. The summed E-state index contributed by atoms with van der Waals surface area (Å²) in [6.07, 6.45) is 17.8. The Morgan fingerprint density at radius 2 is 1.77 bits per heavy atom. The smallest absolute Gasteiger partial charge is 0.213 e. The van der Waals surface area contributed by atoms with Crippen molar-refractivity contribution in [2.45, 2.75) is 90.0 Å². The van der Waals surface area contributed by atoms with Gasteiger partial charge in [-0.2, -0.15) is 0 Å². The number of piperidine rings is 1. The maximum Gasteiger partial charge on any atom is 0.213 e. The van der Waals surface area contributed by atoms with Gasteiger partial charge in [-0.1, -0.05) is 62.4 Å². The molecule has 4 nitrogen and oxygen atoms in total. The Labute approximate surface area is 184 Å². The molecule has 3 atom stereocenters. The number of carbonyl (C=O) groups is 1. The highest BCUT2D eigenvalue weighted by atomic mass is 16.6. The lowest BCUT2D eigenvalue weighted by Crippen LogP contribution is -2.40. The van der Waals surface area contributed by atoms with Crippen LogP contribution in [0.1, 0.15) is 77.6 Å². The van der Waals surface area contributed by atoms with E-state index in [9.17, 15) is 4.79 Å². The Bertz CT molecular complexity index is 637. The third-order valence-electron chi connectivity index (χ3n) is 7.45. The van der Waals surface area contributed by atoms with E-state index < -0.39 is 0 Å². The fourth-order valence-electron chi connectivity index (χ4n) is 5.60. The number of amides is 1. The first-order valence-electron chi connectivity index (χ1n) is 12.1. The summed E-state index contributed by atoms with van der Waals surface area (Å²) in [4.78, 5) is 19.5. The third kappa shape index (κ3) is 6.24. The summed E-state index contributed by atoms with van der Waals surface area (Å²) >= 11 is 0. The lowest BCUT2D eigenvalue weighted by atomic mass is 9.76. The Hall–Kier alpha value is -1.52. The highest BCUT2D eigenvalue weighted by Gasteiger charge is 2.30. The molecule has 0 bridgehead atoms. The predicted octanol–water partition coefficient (Wildman–Crippen LogP) is 5.46. The zero-order valence-electron chi connectivity index (χ0n) is 18.9. The van der Waals surface area contributed by atoms with Gasteiger partial charge in [-0.25, -0.2) is 0 Å². The van der Waals surface area contributed by atoms with Crippen LogP contribution < -0.4 is 0 Å². The average Bonchev–Trinajstić information content (AvgIpc) is 3.27. The average molecular weight is 410 g/mol. The van der Waals surface area contributed by atoms with Crippen LogP contribution in [-0.4, -0.2) is 43.6 Å². The van der Waals surface area contributed by atoms with Gasteiger partial charge in [-0.05, 0) is 56.3 Å². The zero-order valence-corrected chi connectivity index (χ0v) is 18.9. The second kappa shape index (κ2) is 11.8. The van der Waals surface area contributed by atoms with Gasteiger partial charge in [-0.3, -0.25) is 4.79 Å². The topological polar surface area (TPSA) is 41.9 Å². The van der Waals surface area contributed by atoms with Gasteiger partial charge in [-0.15, -0.1) is 0 Å². The number of carbonyl (C=O) groups excluding carboxylic acids is 1. The van der Waals surface area contributed by atoms with Crippen LogP contribution in [0, 0.1) is 17.8 Å². The summed E-state index contributed by atoms with van der Waals surface area (Å²) in [6.45, 7) is 7.94. The van der Waals surface area contributed by atoms with E-state index in [1.54, 1.807) is 0 Å². The Kier molecular flexibility index (Phi) is 9.08. The molecule has 3 unspecified atom stereocenters. The molecular formula is C25H39BN2O2. The van der Waals surface area contributed by atoms with Gasteiger partial charge < -0.3 is 9.74 Å². The van der Waals surface area contributed by atoms with Gasteiger partial charge >= 0.3 is 0 Å². The molecule has 0 spiro atoms. The molecule has 1 saturated heterocycles. The van der Waals surface area contributed by atoms with E-state index in [-0.39, 0.29) is 18.3 Å². The summed E-state index contributed by atoms with van der Waals surface area (Å²) < 4.78 is 0. The molecule has 1 aliphatic carbocycles. The predicted molar refractivity (Wildman–Crippen MR) is 125 cm³/mol. The minimum atomic E-state index is 0.0285. The second-order valence-corrected chi connectivity index (χ2v) is 9.40. The summed E-state index contributed by atoms with van der Waals surface area (Å²) in [5.41, 5.74) is 2.28. The minimum absolute atomic E-state index is 0.0285. The van der Waals surface area contributed by atoms with E-state index in [1.165, 1.54) is 57.1 Å². The van der Waals surface area contributed by atoms with Gasteiger partial charge in [0.05, 0.1) is 13.6 Å². The number of nitrogens with zero attached hydrogens (tertiary/aromatic N) is 2. The molecule has 1 amide bonds. The van der Waals surface area contributed by atoms with Crippen molar-refractivity contribution in [3.8, 4) is 0 Å². The Morgan fingerprint density at radius 3 is 2.50 bits per heavy atom. The van der Waals surface area contributed by atoms with E-state index in [1.807, 2.05) is 24.0 Å². The summed E-state index contributed by atoms with van der Waals surface area (Å²) in [5.74, 6) is 2.25. The van der Waals surface area contributed by atoms with Crippen LogP contribution in [0.5, 0.6) is 0 Å². The molecule has 0 aromatic rings. The third-order valence-corrected chi connectivity index (χ3v) is 7.45. The number of hydrogen-bond donors (Lipinski definition) is 0. The lowest BCUT2D eigenvalue weighted by Gasteiger charge is -2.37. The lowest BCUT2D eigenvalue weighted by molar-refractivity contribution is -0.130. The first kappa shape index (κ1) is 23.2. The van der Waals surface area contributed by atoms with Crippen molar-refractivity contribution < 1.29 is 9.63 Å². The molecule has 3 rings (SSSR count). The van der Waals surface area contributed by atoms with Crippen molar-refractivity contribution in [2.24, 2.45) is 22.9 Å². The summed E-state index contributed by atoms with van der Waals surface area (Å²) in [5, 5.41) is 4.49. The molecule has 2 radical (unpaired) electrons. The van der Waals surface area contributed by atoms with E-state index in [0.717, 1.165) is 49.8 Å². The maximum atomic E-state index is 11.9. The SMILES string of the molecule is [B]CC(=O)N1CCC(C2CCCCCC(C3=NOC(C(=C)/C=C\C)C3)CCC2)CC1. The second-order valence-electron chi connectivity index (χ2n) is 9.40. The number of oxime groups is 1. The number of rotatable bonds is 5. The fourth-order valence-corrected chi connectivity index (χ4v) is 5.60. The summed E-state index contributed by atoms with van der Waals surface area (Å²) in [6, 6.07) is 0. The summed E-state index contributed by atoms with van der Waals surface area (Å²) in [7, 11) is 5.54. The van der Waals surface area contributed by atoms with Crippen LogP contribution in [0.15, 0.2) is 29.5 Å². The van der Waals surface area contributed by atoms with Crippen LogP contribution in [0.3, 0.4) is 0 Å². The molecule has 2 fully saturated rings. The van der Waals surface area contributed by atoms with Gasteiger partial charge in [0, 0.05) is 25.4 Å². The molecular weight excluding hydrogens is 371 g/mol. The van der Waals surface area contributed by atoms with Crippen LogP contribution in [0.25, 0.3) is 0 Å². The van der Waals surface area contributed by atoms with Crippen molar-refractivity contribution in [2.75, 3.05) is 13.1 Å². The largest absolute Gasteiger partial charge is 0.387 e. The number of likely N-dealkylation sites (tertiary alicyclic amines) is 1. The number of allylic oxidation sites excluding steroid dienone is 1. The van der Waals surface area contributed by atoms with Gasteiger partial charge in [0.2, 0.25) is 5.91 Å². The molecule has 0 aromatic heterocycles. The molecule has 30 heavy (non-hydrogen) atoms. The molecule has 5 heteroatoms. The van der Waals surface area contributed by atoms with Crippen molar-refractivity contribution >= 4 is 19.5 Å². The molecule has 2 aliphatic heterocycles. The minimum Gasteiger partial charge on any atom is -0.387 e. The monoisotopic (exact) mass is 410 g/mol. The van der Waals surface area contributed by atoms with Crippen LogP contribution in [0.4, 0.5) is 0 Å². The normalized spacial score (nSPS) is 29.4. The van der Waals surface area contributed by atoms with Gasteiger partial charge in [0.25, 0.3) is 0 Å². The maximum absolute atomic E-state index is 11.9. The number of hydrogen-bond acceptors (Lipinski definition) is 3. The van der Waals surface area contributed by atoms with Crippen LogP contribution in [-0.2, 0) is 9.63 Å². The van der Waals surface area contributed by atoms with Gasteiger partial charge in [0.15, 0.2) is 6.10 Å². The quantitative estimate of drug-likeness (QED) is 0.446. The van der Waals surface area contributed by atoms with Crippen molar-refractivity contribution in [3.05, 3.63) is 24.3 Å². The van der Waals surface area contributed by atoms with Crippen molar-refractivity contribution in [3.63, 3.8) is 0 Å². The zero-order chi connectivity index (χ0) is 21.3. The molecule has 3 aliphatic rings. The fraction of sp³-hybridized carbons (Fsp3) is 0.760. The van der Waals surface area contributed by atoms with Crippen LogP contribution in [0.2, 0.25) is 6.32 Å². The Balaban J connectivity index is 1.50. The van der Waals surface area contributed by atoms with Crippen molar-refractivity contribution in [1.82, 2.24) is 4.90 Å². The molecule has 0 aromatic carbocycles. The molecule has 164 valence electrons. The van der Waals surface area contributed by atoms with Crippen LogP contribution >= 0.6 is 0 Å². The highest BCUT2D eigenvalue weighted by molar-refractivity contribution is 6.19. The van der Waals surface area contributed by atoms with E-state index >= 15 is 0 Å². The standard InChI is InChI=1S/C25H39BN2O2/c1-3-8-19(2)24-17-23(27-30-24)22-10-6-4-5-9-20(11-7-12-22)21-13-15-28(16-14-21)25(29)18-26/h3,8,20-22,24H,2,4-7,9-18H2,1H3/b8-3-.